The summed E-state index contributed by atoms with van der Waals surface area (Å²) in [5.41, 5.74) is 0.0207. The minimum atomic E-state index is -0.683. The summed E-state index contributed by atoms with van der Waals surface area (Å²) in [6, 6.07) is 5.06. The maximum atomic E-state index is 12.6. The van der Waals surface area contributed by atoms with Crippen molar-refractivity contribution in [1.82, 2.24) is 4.57 Å². The second-order valence-corrected chi connectivity index (χ2v) is 7.38. The van der Waals surface area contributed by atoms with Crippen LogP contribution in [0.4, 0.5) is 4.79 Å². The van der Waals surface area contributed by atoms with Crippen LogP contribution < -0.4 is 0 Å². The molecule has 23 heavy (non-hydrogen) atoms. The van der Waals surface area contributed by atoms with Crippen LogP contribution in [0.3, 0.4) is 0 Å². The van der Waals surface area contributed by atoms with Gasteiger partial charge >= 0.3 is 12.1 Å². The Morgan fingerprint density at radius 3 is 2.52 bits per heavy atom. The molecule has 0 atom stereocenters. The Morgan fingerprint density at radius 1 is 1.30 bits per heavy atom. The molecule has 0 aliphatic heterocycles. The van der Waals surface area contributed by atoms with Crippen LogP contribution in [0, 0.1) is 3.57 Å². The Kier molecular flexibility index (Phi) is 5.25. The van der Waals surface area contributed by atoms with Gasteiger partial charge in [-0.2, -0.15) is 0 Å². The number of carbonyl (C=O) groups excluding carboxylic acids is 2. The van der Waals surface area contributed by atoms with Gasteiger partial charge in [0.2, 0.25) is 0 Å². The maximum absolute atomic E-state index is 12.6. The highest BCUT2D eigenvalue weighted by atomic mass is 127. The van der Waals surface area contributed by atoms with Crippen molar-refractivity contribution in [3.05, 3.63) is 32.5 Å². The van der Waals surface area contributed by atoms with Crippen LogP contribution in [0.25, 0.3) is 10.9 Å². The number of aromatic nitrogens is 1. The highest BCUT2D eigenvalue weighted by Crippen LogP contribution is 2.31. The van der Waals surface area contributed by atoms with Crippen molar-refractivity contribution in [2.75, 3.05) is 6.61 Å². The van der Waals surface area contributed by atoms with E-state index in [1.807, 2.05) is 22.6 Å². The first-order chi connectivity index (χ1) is 10.7. The van der Waals surface area contributed by atoms with Gasteiger partial charge in [-0.05, 0) is 68.5 Å². The molecule has 1 heterocycles. The van der Waals surface area contributed by atoms with Crippen LogP contribution in [0.5, 0.6) is 0 Å². The molecule has 0 radical (unpaired) electrons. The van der Waals surface area contributed by atoms with E-state index in [9.17, 15) is 9.59 Å². The zero-order valence-electron chi connectivity index (χ0n) is 13.3. The van der Waals surface area contributed by atoms with Crippen LogP contribution in [0.2, 0.25) is 5.02 Å². The molecule has 2 aromatic rings. The van der Waals surface area contributed by atoms with Crippen LogP contribution in [0.15, 0.2) is 18.2 Å². The third kappa shape index (κ3) is 3.80. The Morgan fingerprint density at radius 2 is 1.96 bits per heavy atom. The van der Waals surface area contributed by atoms with Crippen LogP contribution in [-0.4, -0.2) is 28.8 Å². The van der Waals surface area contributed by atoms with E-state index in [0.29, 0.717) is 19.5 Å². The fourth-order valence-electron chi connectivity index (χ4n) is 2.10. The van der Waals surface area contributed by atoms with Gasteiger partial charge < -0.3 is 9.47 Å². The van der Waals surface area contributed by atoms with Gasteiger partial charge in [0.05, 0.1) is 15.7 Å². The topological polar surface area (TPSA) is 57.5 Å². The summed E-state index contributed by atoms with van der Waals surface area (Å²) in [7, 11) is 0. The van der Waals surface area contributed by atoms with Gasteiger partial charge in [0.15, 0.2) is 5.69 Å². The van der Waals surface area contributed by atoms with E-state index in [1.165, 1.54) is 4.57 Å². The molecular formula is C16H17ClINO4. The first kappa shape index (κ1) is 18.1. The number of halogens is 2. The number of esters is 1. The van der Waals surface area contributed by atoms with E-state index < -0.39 is 17.7 Å². The Bertz CT molecular complexity index is 776. The predicted octanol–water partition coefficient (Wildman–Crippen LogP) is 4.86. The summed E-state index contributed by atoms with van der Waals surface area (Å²) in [5, 5.41) is 1.22. The van der Waals surface area contributed by atoms with Gasteiger partial charge in [-0.3, -0.25) is 0 Å². The number of fused-ring (bicyclic) bond motifs is 1. The minimum absolute atomic E-state index is 0.152. The fourth-order valence-corrected chi connectivity index (χ4v) is 3.17. The highest BCUT2D eigenvalue weighted by molar-refractivity contribution is 14.1. The molecule has 0 fully saturated rings. The molecule has 0 N–H and O–H groups in total. The summed E-state index contributed by atoms with van der Waals surface area (Å²) in [5.74, 6) is -0.574. The van der Waals surface area contributed by atoms with Crippen molar-refractivity contribution in [1.29, 1.82) is 0 Å². The Hall–Kier alpha value is -1.28. The molecule has 2 rings (SSSR count). The lowest BCUT2D eigenvalue weighted by molar-refractivity contribution is 0.0452. The van der Waals surface area contributed by atoms with Crippen molar-refractivity contribution in [2.45, 2.75) is 33.3 Å². The first-order valence-corrected chi connectivity index (χ1v) is 8.51. The molecule has 0 amide bonds. The zero-order chi connectivity index (χ0) is 17.4. The third-order valence-electron chi connectivity index (χ3n) is 2.91. The number of hydrogen-bond acceptors (Lipinski definition) is 4. The molecule has 0 aliphatic rings. The van der Waals surface area contributed by atoms with Crippen molar-refractivity contribution in [2.24, 2.45) is 0 Å². The molecule has 0 aliphatic carbocycles. The van der Waals surface area contributed by atoms with Crippen LogP contribution >= 0.6 is 34.2 Å². The van der Waals surface area contributed by atoms with Gasteiger partial charge in [-0.1, -0.05) is 11.6 Å². The summed E-state index contributed by atoms with van der Waals surface area (Å²) in [6.45, 7) is 7.22. The van der Waals surface area contributed by atoms with E-state index in [0.717, 1.165) is 0 Å². The summed E-state index contributed by atoms with van der Waals surface area (Å²) >= 11 is 8.05. The van der Waals surface area contributed by atoms with Gasteiger partial charge in [0.25, 0.3) is 0 Å². The minimum Gasteiger partial charge on any atom is -0.461 e. The second-order valence-electron chi connectivity index (χ2n) is 5.86. The smallest absolute Gasteiger partial charge is 0.419 e. The normalized spacial score (nSPS) is 11.6. The van der Waals surface area contributed by atoms with Gasteiger partial charge in [-0.15, -0.1) is 0 Å². The summed E-state index contributed by atoms with van der Waals surface area (Å²) in [4.78, 5) is 24.9. The number of nitrogens with zero attached hydrogens (tertiary/aromatic N) is 1. The number of rotatable bonds is 2. The molecule has 0 spiro atoms. The average Bonchev–Trinajstić information content (AvgIpc) is 2.70. The number of ether oxygens (including phenoxy) is 2. The van der Waals surface area contributed by atoms with E-state index >= 15 is 0 Å². The SMILES string of the molecule is CCOC(=O)c1c(I)c2cc(Cl)ccc2n1C(=O)OC(C)(C)C. The number of carbonyl (C=O) groups is 2. The molecule has 0 unspecified atom stereocenters. The zero-order valence-corrected chi connectivity index (χ0v) is 16.2. The molecular weight excluding hydrogens is 433 g/mol. The molecule has 1 aromatic carbocycles. The molecule has 124 valence electrons. The Labute approximate surface area is 153 Å². The molecule has 5 nitrogen and oxygen atoms in total. The lowest BCUT2D eigenvalue weighted by Crippen LogP contribution is -2.29. The summed E-state index contributed by atoms with van der Waals surface area (Å²) < 4.78 is 12.4. The van der Waals surface area contributed by atoms with Crippen molar-refractivity contribution < 1.29 is 19.1 Å². The van der Waals surface area contributed by atoms with Crippen molar-refractivity contribution >= 4 is 57.2 Å². The second kappa shape index (κ2) is 6.68. The highest BCUT2D eigenvalue weighted by Gasteiger charge is 2.29. The largest absolute Gasteiger partial charge is 0.461 e. The van der Waals surface area contributed by atoms with Gasteiger partial charge in [0.1, 0.15) is 5.60 Å². The quantitative estimate of drug-likeness (QED) is 0.485. The molecule has 1 aromatic heterocycles. The first-order valence-electron chi connectivity index (χ1n) is 7.05. The lowest BCUT2D eigenvalue weighted by Gasteiger charge is -2.20. The van der Waals surface area contributed by atoms with E-state index in [1.54, 1.807) is 45.9 Å². The third-order valence-corrected chi connectivity index (χ3v) is 4.24. The standard InChI is InChI=1S/C16H17ClINO4/c1-5-22-14(20)13-12(18)10-8-9(17)6-7-11(10)19(13)15(21)23-16(2,3)4/h6-8H,5H2,1-4H3. The average molecular weight is 450 g/mol. The van der Waals surface area contributed by atoms with Crippen molar-refractivity contribution in [3.63, 3.8) is 0 Å². The van der Waals surface area contributed by atoms with Gasteiger partial charge in [-0.25, -0.2) is 14.2 Å². The summed E-state index contributed by atoms with van der Waals surface area (Å²) in [6.07, 6.45) is -0.629. The monoisotopic (exact) mass is 449 g/mol. The lowest BCUT2D eigenvalue weighted by atomic mass is 10.2. The Balaban J connectivity index is 2.71. The van der Waals surface area contributed by atoms with E-state index in [2.05, 4.69) is 0 Å². The number of hydrogen-bond donors (Lipinski definition) is 0. The fraction of sp³-hybridized carbons (Fsp3) is 0.375. The predicted molar refractivity (Wildman–Crippen MR) is 97.3 cm³/mol. The molecule has 0 saturated carbocycles. The van der Waals surface area contributed by atoms with E-state index in [4.69, 9.17) is 21.1 Å². The number of benzene rings is 1. The van der Waals surface area contributed by atoms with E-state index in [-0.39, 0.29) is 12.3 Å². The van der Waals surface area contributed by atoms with Gasteiger partial charge in [0, 0.05) is 10.4 Å². The van der Waals surface area contributed by atoms with Crippen LogP contribution in [0.1, 0.15) is 38.2 Å². The maximum Gasteiger partial charge on any atom is 0.419 e. The van der Waals surface area contributed by atoms with Crippen LogP contribution in [-0.2, 0) is 9.47 Å². The molecule has 0 saturated heterocycles. The molecule has 0 bridgehead atoms. The van der Waals surface area contributed by atoms with Crippen molar-refractivity contribution in [3.8, 4) is 0 Å². The molecule has 7 heteroatoms.